The van der Waals surface area contributed by atoms with Crippen LogP contribution < -0.4 is 10.2 Å². The van der Waals surface area contributed by atoms with Crippen molar-refractivity contribution >= 4 is 35.3 Å². The van der Waals surface area contributed by atoms with Gasteiger partial charge in [-0.3, -0.25) is 4.79 Å². The number of hydrogen-bond donors (Lipinski definition) is 2. The molecular formula is C17H20Cl2N2O3. The monoisotopic (exact) mass is 370 g/mol. The number of carbonyl (C=O) groups is 1. The van der Waals surface area contributed by atoms with Gasteiger partial charge in [0.1, 0.15) is 4.49 Å². The van der Waals surface area contributed by atoms with E-state index in [1.165, 1.54) is 12.3 Å². The third-order valence-corrected chi connectivity index (χ3v) is 4.42. The number of nitrogens with zero attached hydrogens (tertiary/aromatic N) is 1. The SMILES string of the molecule is CCOc1cc(C=NNC(=O)C2C(C=C(Cl)Cl)C2(C)C)ccc1O. The van der Waals surface area contributed by atoms with Crippen LogP contribution in [-0.4, -0.2) is 23.8 Å². The van der Waals surface area contributed by atoms with E-state index in [1.54, 1.807) is 18.2 Å². The van der Waals surface area contributed by atoms with E-state index in [0.29, 0.717) is 17.9 Å². The highest BCUT2D eigenvalue weighted by Crippen LogP contribution is 2.59. The van der Waals surface area contributed by atoms with Crippen molar-refractivity contribution in [2.45, 2.75) is 20.8 Å². The van der Waals surface area contributed by atoms with Crippen molar-refractivity contribution in [2.75, 3.05) is 6.61 Å². The van der Waals surface area contributed by atoms with Crippen LogP contribution in [0.4, 0.5) is 0 Å². The summed E-state index contributed by atoms with van der Waals surface area (Å²) < 4.78 is 5.47. The van der Waals surface area contributed by atoms with Crippen LogP contribution in [0.1, 0.15) is 26.3 Å². The Kier molecular flexibility index (Phi) is 5.78. The summed E-state index contributed by atoms with van der Waals surface area (Å²) in [6.07, 6.45) is 3.18. The minimum atomic E-state index is -0.221. The number of ether oxygens (including phenoxy) is 1. The summed E-state index contributed by atoms with van der Waals surface area (Å²) in [5.74, 6) is 0.0242. The number of halogens is 2. The van der Waals surface area contributed by atoms with Crippen molar-refractivity contribution in [2.24, 2.45) is 22.4 Å². The minimum Gasteiger partial charge on any atom is -0.504 e. The Morgan fingerprint density at radius 3 is 2.79 bits per heavy atom. The van der Waals surface area contributed by atoms with E-state index in [1.807, 2.05) is 20.8 Å². The number of aromatic hydroxyl groups is 1. The molecule has 2 rings (SSSR count). The van der Waals surface area contributed by atoms with Crippen molar-refractivity contribution in [3.63, 3.8) is 0 Å². The second kappa shape index (κ2) is 7.45. The van der Waals surface area contributed by atoms with Gasteiger partial charge in [0.05, 0.1) is 18.7 Å². The Hall–Kier alpha value is -1.72. The van der Waals surface area contributed by atoms with Crippen molar-refractivity contribution in [1.82, 2.24) is 5.43 Å². The Balaban J connectivity index is 1.98. The van der Waals surface area contributed by atoms with Gasteiger partial charge in [-0.2, -0.15) is 5.10 Å². The molecule has 0 radical (unpaired) electrons. The summed E-state index contributed by atoms with van der Waals surface area (Å²) in [4.78, 5) is 12.2. The smallest absolute Gasteiger partial charge is 0.244 e. The van der Waals surface area contributed by atoms with E-state index in [2.05, 4.69) is 10.5 Å². The number of benzene rings is 1. The van der Waals surface area contributed by atoms with E-state index in [0.717, 1.165) is 0 Å². The molecule has 0 heterocycles. The number of amides is 1. The van der Waals surface area contributed by atoms with E-state index < -0.39 is 0 Å². The highest BCUT2D eigenvalue weighted by molar-refractivity contribution is 6.55. The fourth-order valence-electron chi connectivity index (χ4n) is 2.75. The molecule has 2 atom stereocenters. The van der Waals surface area contributed by atoms with E-state index >= 15 is 0 Å². The van der Waals surface area contributed by atoms with Crippen molar-refractivity contribution in [3.05, 3.63) is 34.3 Å². The predicted octanol–water partition coefficient (Wildman–Crippen LogP) is 3.83. The maximum Gasteiger partial charge on any atom is 0.244 e. The highest BCUT2D eigenvalue weighted by Gasteiger charge is 2.60. The van der Waals surface area contributed by atoms with Crippen molar-refractivity contribution in [3.8, 4) is 11.5 Å². The molecule has 24 heavy (non-hydrogen) atoms. The molecule has 0 aliphatic heterocycles. The van der Waals surface area contributed by atoms with Gasteiger partial charge in [0.25, 0.3) is 0 Å². The summed E-state index contributed by atoms with van der Waals surface area (Å²) >= 11 is 11.4. The maximum atomic E-state index is 12.2. The zero-order chi connectivity index (χ0) is 17.9. The molecule has 1 amide bonds. The molecule has 5 nitrogen and oxygen atoms in total. The van der Waals surface area contributed by atoms with Gasteiger partial charge in [0.2, 0.25) is 5.91 Å². The Labute approximate surface area is 151 Å². The predicted molar refractivity (Wildman–Crippen MR) is 95.6 cm³/mol. The first kappa shape index (κ1) is 18.6. The van der Waals surface area contributed by atoms with Gasteiger partial charge in [0, 0.05) is 0 Å². The number of phenolic OH excluding ortho intramolecular Hbond substituents is 1. The standard InChI is InChI=1S/C17H20Cl2N2O3/c1-4-24-13-7-10(5-6-12(13)22)9-20-21-16(23)15-11(8-14(18)19)17(15,2)3/h5-9,11,15,22H,4H2,1-3H3,(H,21,23). The largest absolute Gasteiger partial charge is 0.504 e. The second-order valence-corrected chi connectivity index (χ2v) is 7.18. The van der Waals surface area contributed by atoms with Gasteiger partial charge < -0.3 is 9.84 Å². The fourth-order valence-corrected chi connectivity index (χ4v) is 3.02. The highest BCUT2D eigenvalue weighted by atomic mass is 35.5. The molecular weight excluding hydrogens is 351 g/mol. The van der Waals surface area contributed by atoms with Gasteiger partial charge in [-0.25, -0.2) is 5.43 Å². The van der Waals surface area contributed by atoms with Gasteiger partial charge in [-0.1, -0.05) is 37.0 Å². The first-order valence-electron chi connectivity index (χ1n) is 7.59. The number of carbonyl (C=O) groups excluding carboxylic acids is 1. The lowest BCUT2D eigenvalue weighted by Crippen LogP contribution is -2.21. The molecule has 0 aromatic heterocycles. The Morgan fingerprint density at radius 2 is 2.17 bits per heavy atom. The maximum absolute atomic E-state index is 12.2. The molecule has 1 fully saturated rings. The van der Waals surface area contributed by atoms with Crippen LogP contribution in [-0.2, 0) is 4.79 Å². The molecule has 7 heteroatoms. The average molecular weight is 371 g/mol. The first-order valence-corrected chi connectivity index (χ1v) is 8.34. The third-order valence-electron chi connectivity index (χ3n) is 4.17. The lowest BCUT2D eigenvalue weighted by atomic mass is 10.1. The van der Waals surface area contributed by atoms with Crippen LogP contribution in [0.5, 0.6) is 11.5 Å². The van der Waals surface area contributed by atoms with Crippen molar-refractivity contribution in [1.29, 1.82) is 0 Å². The van der Waals surface area contributed by atoms with Crippen LogP contribution >= 0.6 is 23.2 Å². The second-order valence-electron chi connectivity index (χ2n) is 6.18. The number of rotatable bonds is 6. The molecule has 1 aliphatic rings. The number of allylic oxidation sites excluding steroid dienone is 1. The zero-order valence-electron chi connectivity index (χ0n) is 13.7. The number of phenols is 1. The number of nitrogens with one attached hydrogen (secondary N) is 1. The summed E-state index contributed by atoms with van der Waals surface area (Å²) in [5.41, 5.74) is 3.03. The molecule has 130 valence electrons. The molecule has 1 aromatic rings. The fraction of sp³-hybridized carbons (Fsp3) is 0.412. The number of hydrogen-bond acceptors (Lipinski definition) is 4. The van der Waals surface area contributed by atoms with Gasteiger partial charge in [-0.15, -0.1) is 0 Å². The van der Waals surface area contributed by atoms with Crippen LogP contribution in [0, 0.1) is 17.3 Å². The first-order chi connectivity index (χ1) is 11.3. The molecule has 1 aliphatic carbocycles. The van der Waals surface area contributed by atoms with E-state index in [-0.39, 0.29) is 33.4 Å². The van der Waals surface area contributed by atoms with Crippen LogP contribution in [0.15, 0.2) is 33.9 Å². The van der Waals surface area contributed by atoms with E-state index in [4.69, 9.17) is 27.9 Å². The molecule has 2 N–H and O–H groups in total. The van der Waals surface area contributed by atoms with E-state index in [9.17, 15) is 9.90 Å². The zero-order valence-corrected chi connectivity index (χ0v) is 15.2. The number of hydrazone groups is 1. The third kappa shape index (κ3) is 4.22. The topological polar surface area (TPSA) is 70.9 Å². The van der Waals surface area contributed by atoms with Gasteiger partial charge >= 0.3 is 0 Å². The normalized spacial score (nSPS) is 21.4. The Bertz CT molecular complexity index is 682. The minimum absolute atomic E-state index is 0.00377. The summed E-state index contributed by atoms with van der Waals surface area (Å²) in [6.45, 7) is 6.23. The quantitative estimate of drug-likeness (QED) is 0.590. The lowest BCUT2D eigenvalue weighted by molar-refractivity contribution is -0.123. The molecule has 1 aromatic carbocycles. The summed E-state index contributed by atoms with van der Waals surface area (Å²) in [7, 11) is 0. The van der Waals surface area contributed by atoms with Crippen LogP contribution in [0.25, 0.3) is 0 Å². The van der Waals surface area contributed by atoms with Crippen LogP contribution in [0.2, 0.25) is 0 Å². The lowest BCUT2D eigenvalue weighted by Gasteiger charge is -2.06. The molecule has 2 unspecified atom stereocenters. The molecule has 0 saturated heterocycles. The van der Waals surface area contributed by atoms with Crippen LogP contribution in [0.3, 0.4) is 0 Å². The van der Waals surface area contributed by atoms with Crippen molar-refractivity contribution < 1.29 is 14.6 Å². The molecule has 0 bridgehead atoms. The summed E-state index contributed by atoms with van der Waals surface area (Å²) in [5, 5.41) is 13.6. The molecule has 0 spiro atoms. The summed E-state index contributed by atoms with van der Waals surface area (Å²) in [6, 6.07) is 4.84. The van der Waals surface area contributed by atoms with Gasteiger partial charge in [0.15, 0.2) is 11.5 Å². The Morgan fingerprint density at radius 1 is 1.46 bits per heavy atom. The molecule has 1 saturated carbocycles. The average Bonchev–Trinajstić information content (AvgIpc) is 3.02. The van der Waals surface area contributed by atoms with Gasteiger partial charge in [-0.05, 0) is 48.1 Å².